The summed E-state index contributed by atoms with van der Waals surface area (Å²) < 4.78 is 16.3. The SMILES string of the molecule is COc1ccccc1[C@@H]1CC(=O)Nc2cc3c(cc21)OCO3. The zero-order valence-electron chi connectivity index (χ0n) is 12.1. The van der Waals surface area contributed by atoms with E-state index in [1.807, 2.05) is 36.4 Å². The monoisotopic (exact) mass is 297 g/mol. The average molecular weight is 297 g/mol. The first-order valence-electron chi connectivity index (χ1n) is 7.12. The van der Waals surface area contributed by atoms with Crippen LogP contribution in [0.1, 0.15) is 23.5 Å². The van der Waals surface area contributed by atoms with Crippen LogP contribution in [0.4, 0.5) is 5.69 Å². The van der Waals surface area contributed by atoms with Crippen LogP contribution in [-0.2, 0) is 4.79 Å². The van der Waals surface area contributed by atoms with Gasteiger partial charge < -0.3 is 19.5 Å². The number of fused-ring (bicyclic) bond motifs is 2. The van der Waals surface area contributed by atoms with E-state index in [9.17, 15) is 4.79 Å². The Morgan fingerprint density at radius 2 is 1.91 bits per heavy atom. The van der Waals surface area contributed by atoms with Crippen molar-refractivity contribution < 1.29 is 19.0 Å². The fourth-order valence-corrected chi connectivity index (χ4v) is 3.08. The molecule has 2 aliphatic heterocycles. The lowest BCUT2D eigenvalue weighted by Crippen LogP contribution is -2.23. The lowest BCUT2D eigenvalue weighted by Gasteiger charge is -2.27. The van der Waals surface area contributed by atoms with Crippen LogP contribution in [0.5, 0.6) is 17.2 Å². The Morgan fingerprint density at radius 3 is 2.73 bits per heavy atom. The molecular weight excluding hydrogens is 282 g/mol. The maximum absolute atomic E-state index is 12.1. The van der Waals surface area contributed by atoms with Gasteiger partial charge in [0.15, 0.2) is 11.5 Å². The highest BCUT2D eigenvalue weighted by molar-refractivity contribution is 5.96. The van der Waals surface area contributed by atoms with Crippen molar-refractivity contribution in [3.05, 3.63) is 47.5 Å². The van der Waals surface area contributed by atoms with Gasteiger partial charge in [0, 0.05) is 29.7 Å². The first kappa shape index (κ1) is 13.0. The normalized spacial score (nSPS) is 18.6. The summed E-state index contributed by atoms with van der Waals surface area (Å²) in [6, 6.07) is 11.6. The standard InChI is InChI=1S/C17H15NO4/c1-20-14-5-3-2-4-10(14)11-7-17(19)18-13-8-16-15(6-12(11)13)21-9-22-16/h2-6,8,11H,7,9H2,1H3,(H,18,19)/t11-/m0/s1. The third-order valence-corrected chi connectivity index (χ3v) is 4.10. The van der Waals surface area contributed by atoms with Crippen molar-refractivity contribution in [1.82, 2.24) is 0 Å². The summed E-state index contributed by atoms with van der Waals surface area (Å²) in [4.78, 5) is 12.1. The van der Waals surface area contributed by atoms with Crippen molar-refractivity contribution in [2.24, 2.45) is 0 Å². The molecule has 2 aliphatic rings. The summed E-state index contributed by atoms with van der Waals surface area (Å²) >= 11 is 0. The molecule has 2 aromatic rings. The van der Waals surface area contributed by atoms with E-state index >= 15 is 0 Å². The van der Waals surface area contributed by atoms with Crippen molar-refractivity contribution in [3.63, 3.8) is 0 Å². The number of ether oxygens (including phenoxy) is 3. The molecule has 1 N–H and O–H groups in total. The van der Waals surface area contributed by atoms with Crippen molar-refractivity contribution in [2.75, 3.05) is 19.2 Å². The van der Waals surface area contributed by atoms with E-state index in [0.29, 0.717) is 12.2 Å². The van der Waals surface area contributed by atoms with Crippen LogP contribution in [0.3, 0.4) is 0 Å². The van der Waals surface area contributed by atoms with Crippen LogP contribution < -0.4 is 19.5 Å². The molecule has 0 unspecified atom stereocenters. The van der Waals surface area contributed by atoms with Gasteiger partial charge in [-0.2, -0.15) is 0 Å². The quantitative estimate of drug-likeness (QED) is 0.926. The highest BCUT2D eigenvalue weighted by atomic mass is 16.7. The molecule has 2 heterocycles. The Morgan fingerprint density at radius 1 is 1.14 bits per heavy atom. The van der Waals surface area contributed by atoms with Crippen LogP contribution in [0, 0.1) is 0 Å². The minimum absolute atomic E-state index is 0.0118. The third kappa shape index (κ3) is 1.97. The van der Waals surface area contributed by atoms with Gasteiger partial charge in [-0.3, -0.25) is 4.79 Å². The molecule has 0 radical (unpaired) electrons. The Hall–Kier alpha value is -2.69. The van der Waals surface area contributed by atoms with Crippen LogP contribution in [0.25, 0.3) is 0 Å². The molecule has 0 saturated carbocycles. The molecule has 4 rings (SSSR count). The second-order valence-corrected chi connectivity index (χ2v) is 5.34. The number of hydrogen-bond donors (Lipinski definition) is 1. The fraction of sp³-hybridized carbons (Fsp3) is 0.235. The maximum Gasteiger partial charge on any atom is 0.231 e. The summed E-state index contributed by atoms with van der Waals surface area (Å²) in [5, 5.41) is 2.91. The van der Waals surface area contributed by atoms with Gasteiger partial charge in [-0.05, 0) is 17.7 Å². The van der Waals surface area contributed by atoms with Gasteiger partial charge in [0.2, 0.25) is 12.7 Å². The Bertz CT molecular complexity index is 756. The van der Waals surface area contributed by atoms with Gasteiger partial charge in [-0.15, -0.1) is 0 Å². The van der Waals surface area contributed by atoms with Crippen LogP contribution in [0.15, 0.2) is 36.4 Å². The molecular formula is C17H15NO4. The maximum atomic E-state index is 12.1. The predicted octanol–water partition coefficient (Wildman–Crippen LogP) is 2.90. The van der Waals surface area contributed by atoms with Gasteiger partial charge in [0.05, 0.1) is 7.11 Å². The van der Waals surface area contributed by atoms with Crippen molar-refractivity contribution in [2.45, 2.75) is 12.3 Å². The van der Waals surface area contributed by atoms with Crippen molar-refractivity contribution in [3.8, 4) is 17.2 Å². The van der Waals surface area contributed by atoms with Crippen molar-refractivity contribution in [1.29, 1.82) is 0 Å². The number of benzene rings is 2. The number of anilines is 1. The molecule has 0 aliphatic carbocycles. The number of nitrogens with one attached hydrogen (secondary N) is 1. The Balaban J connectivity index is 1.87. The lowest BCUT2D eigenvalue weighted by molar-refractivity contribution is -0.116. The highest BCUT2D eigenvalue weighted by Gasteiger charge is 2.31. The summed E-state index contributed by atoms with van der Waals surface area (Å²) in [5.41, 5.74) is 2.80. The van der Waals surface area contributed by atoms with E-state index in [1.54, 1.807) is 7.11 Å². The molecule has 0 fully saturated rings. The zero-order valence-corrected chi connectivity index (χ0v) is 12.1. The summed E-state index contributed by atoms with van der Waals surface area (Å²) in [7, 11) is 1.64. The molecule has 0 spiro atoms. The van der Waals surface area contributed by atoms with Gasteiger partial charge in [-0.25, -0.2) is 0 Å². The van der Waals surface area contributed by atoms with E-state index in [0.717, 1.165) is 28.3 Å². The molecule has 1 amide bonds. The zero-order chi connectivity index (χ0) is 15.1. The van der Waals surface area contributed by atoms with E-state index in [4.69, 9.17) is 14.2 Å². The number of hydrogen-bond acceptors (Lipinski definition) is 4. The van der Waals surface area contributed by atoms with E-state index in [1.165, 1.54) is 0 Å². The number of methoxy groups -OCH3 is 1. The average Bonchev–Trinajstić information content (AvgIpc) is 2.99. The second kappa shape index (κ2) is 4.94. The largest absolute Gasteiger partial charge is 0.496 e. The highest BCUT2D eigenvalue weighted by Crippen LogP contribution is 2.46. The fourth-order valence-electron chi connectivity index (χ4n) is 3.08. The van der Waals surface area contributed by atoms with Crippen LogP contribution in [0.2, 0.25) is 0 Å². The van der Waals surface area contributed by atoms with Gasteiger partial charge in [0.1, 0.15) is 5.75 Å². The first-order chi connectivity index (χ1) is 10.8. The smallest absolute Gasteiger partial charge is 0.231 e. The predicted molar refractivity (Wildman–Crippen MR) is 80.6 cm³/mol. The minimum Gasteiger partial charge on any atom is -0.496 e. The number of para-hydroxylation sites is 1. The molecule has 1 atom stereocenters. The van der Waals surface area contributed by atoms with Gasteiger partial charge in [0.25, 0.3) is 0 Å². The van der Waals surface area contributed by atoms with Crippen molar-refractivity contribution >= 4 is 11.6 Å². The molecule has 5 heteroatoms. The topological polar surface area (TPSA) is 56.8 Å². The van der Waals surface area contributed by atoms with E-state index in [-0.39, 0.29) is 18.6 Å². The van der Waals surface area contributed by atoms with Crippen LogP contribution >= 0.6 is 0 Å². The second-order valence-electron chi connectivity index (χ2n) is 5.34. The minimum atomic E-state index is -0.0607. The number of rotatable bonds is 2. The molecule has 0 bridgehead atoms. The summed E-state index contributed by atoms with van der Waals surface area (Å²) in [6.45, 7) is 0.214. The lowest BCUT2D eigenvalue weighted by atomic mass is 9.84. The molecule has 0 saturated heterocycles. The van der Waals surface area contributed by atoms with Gasteiger partial charge >= 0.3 is 0 Å². The number of amides is 1. The summed E-state index contributed by atoms with van der Waals surface area (Å²) in [5.74, 6) is 2.09. The molecule has 112 valence electrons. The number of carbonyl (C=O) groups is 1. The van der Waals surface area contributed by atoms with E-state index in [2.05, 4.69) is 5.32 Å². The van der Waals surface area contributed by atoms with Gasteiger partial charge in [-0.1, -0.05) is 18.2 Å². The Labute approximate surface area is 127 Å². The third-order valence-electron chi connectivity index (χ3n) is 4.10. The molecule has 2 aromatic carbocycles. The van der Waals surface area contributed by atoms with Crippen LogP contribution in [-0.4, -0.2) is 19.8 Å². The number of carbonyl (C=O) groups excluding carboxylic acids is 1. The Kier molecular flexibility index (Phi) is 2.92. The summed E-state index contributed by atoms with van der Waals surface area (Å²) in [6.07, 6.45) is 0.382. The first-order valence-corrected chi connectivity index (χ1v) is 7.12. The molecule has 5 nitrogen and oxygen atoms in total. The molecule has 0 aromatic heterocycles. The van der Waals surface area contributed by atoms with E-state index < -0.39 is 0 Å². The molecule has 22 heavy (non-hydrogen) atoms.